The molecule has 2 rings (SSSR count). The van der Waals surface area contributed by atoms with Crippen LogP contribution in [0.1, 0.15) is 24.5 Å². The van der Waals surface area contributed by atoms with E-state index in [0.717, 1.165) is 12.8 Å². The van der Waals surface area contributed by atoms with Gasteiger partial charge in [0.1, 0.15) is 5.60 Å². The fourth-order valence-electron chi connectivity index (χ4n) is 2.45. The zero-order valence-corrected chi connectivity index (χ0v) is 14.4. The Kier molecular flexibility index (Phi) is 6.71. The van der Waals surface area contributed by atoms with Gasteiger partial charge in [-0.3, -0.25) is 9.59 Å². The van der Waals surface area contributed by atoms with Gasteiger partial charge in [-0.15, -0.1) is 0 Å². The van der Waals surface area contributed by atoms with Crippen LogP contribution < -0.4 is 10.6 Å². The Hall–Kier alpha value is -2.66. The Morgan fingerprint density at radius 3 is 2.12 bits per heavy atom. The fraction of sp³-hybridized carbons (Fsp3) is 0.300. The van der Waals surface area contributed by atoms with Gasteiger partial charge >= 0.3 is 11.8 Å². The number of benzene rings is 2. The van der Waals surface area contributed by atoms with E-state index in [0.29, 0.717) is 12.1 Å². The maximum absolute atomic E-state index is 11.9. The van der Waals surface area contributed by atoms with Crippen molar-refractivity contribution < 1.29 is 14.7 Å². The molecule has 1 unspecified atom stereocenters. The molecule has 0 fully saturated rings. The van der Waals surface area contributed by atoms with Gasteiger partial charge in [0.15, 0.2) is 0 Å². The van der Waals surface area contributed by atoms with Crippen LogP contribution in [0.2, 0.25) is 0 Å². The van der Waals surface area contributed by atoms with Crippen molar-refractivity contribution in [2.75, 3.05) is 13.1 Å². The molecule has 2 aromatic rings. The summed E-state index contributed by atoms with van der Waals surface area (Å²) in [6.45, 7) is 1.99. The second-order valence-electron chi connectivity index (χ2n) is 6.17. The predicted octanol–water partition coefficient (Wildman–Crippen LogP) is 1.76. The predicted molar refractivity (Wildman–Crippen MR) is 96.8 cm³/mol. The number of nitrogens with one attached hydrogen (secondary N) is 2. The number of aliphatic hydroxyl groups is 1. The number of rotatable bonds is 7. The zero-order valence-electron chi connectivity index (χ0n) is 14.4. The zero-order chi connectivity index (χ0) is 18.1. The molecular weight excluding hydrogens is 316 g/mol. The van der Waals surface area contributed by atoms with Crippen LogP contribution in [0.4, 0.5) is 0 Å². The van der Waals surface area contributed by atoms with Crippen molar-refractivity contribution in [3.8, 4) is 0 Å². The maximum atomic E-state index is 11.9. The lowest BCUT2D eigenvalue weighted by Gasteiger charge is -2.24. The summed E-state index contributed by atoms with van der Waals surface area (Å²) >= 11 is 0. The second kappa shape index (κ2) is 8.99. The first-order valence-electron chi connectivity index (χ1n) is 8.37. The minimum atomic E-state index is -1.23. The van der Waals surface area contributed by atoms with Crippen LogP contribution in [0.25, 0.3) is 0 Å². The normalized spacial score (nSPS) is 12.9. The molecule has 2 amide bonds. The van der Waals surface area contributed by atoms with Crippen LogP contribution >= 0.6 is 0 Å². The third-order valence-corrected chi connectivity index (χ3v) is 3.97. The van der Waals surface area contributed by atoms with Crippen LogP contribution in [-0.4, -0.2) is 30.0 Å². The van der Waals surface area contributed by atoms with Gasteiger partial charge in [0.05, 0.1) is 6.54 Å². The van der Waals surface area contributed by atoms with Crippen molar-refractivity contribution in [3.63, 3.8) is 0 Å². The standard InChI is InChI=1S/C20H24N2O3/c1-20(25,17-12-6-3-7-13-17)15-22-19(24)18(23)21-14-8-11-16-9-4-2-5-10-16/h2-7,9-10,12-13,25H,8,11,14-15H2,1H3,(H,21,23)(H,22,24). The van der Waals surface area contributed by atoms with Crippen molar-refractivity contribution in [3.05, 3.63) is 71.8 Å². The number of amides is 2. The van der Waals surface area contributed by atoms with Crippen molar-refractivity contribution >= 4 is 11.8 Å². The third-order valence-electron chi connectivity index (χ3n) is 3.97. The molecule has 0 bridgehead atoms. The molecule has 0 saturated heterocycles. The number of hydrogen-bond acceptors (Lipinski definition) is 3. The van der Waals surface area contributed by atoms with Crippen LogP contribution in [0.5, 0.6) is 0 Å². The average molecular weight is 340 g/mol. The summed E-state index contributed by atoms with van der Waals surface area (Å²) in [6, 6.07) is 19.0. The van der Waals surface area contributed by atoms with Gasteiger partial charge in [-0.05, 0) is 30.9 Å². The topological polar surface area (TPSA) is 78.4 Å². The van der Waals surface area contributed by atoms with E-state index in [1.807, 2.05) is 48.5 Å². The molecule has 0 radical (unpaired) electrons. The SMILES string of the molecule is CC(O)(CNC(=O)C(=O)NCCCc1ccccc1)c1ccccc1. The van der Waals surface area contributed by atoms with E-state index < -0.39 is 17.4 Å². The van der Waals surface area contributed by atoms with Gasteiger partial charge < -0.3 is 15.7 Å². The summed E-state index contributed by atoms with van der Waals surface area (Å²) in [7, 11) is 0. The van der Waals surface area contributed by atoms with Gasteiger partial charge in [-0.2, -0.15) is 0 Å². The number of aryl methyl sites for hydroxylation is 1. The van der Waals surface area contributed by atoms with Crippen molar-refractivity contribution in [2.45, 2.75) is 25.4 Å². The lowest BCUT2D eigenvalue weighted by molar-refractivity contribution is -0.139. The van der Waals surface area contributed by atoms with E-state index in [1.54, 1.807) is 19.1 Å². The summed E-state index contributed by atoms with van der Waals surface area (Å²) < 4.78 is 0. The third kappa shape index (κ3) is 6.04. The second-order valence-corrected chi connectivity index (χ2v) is 6.17. The molecule has 0 aliphatic heterocycles. The lowest BCUT2D eigenvalue weighted by Crippen LogP contribution is -2.45. The van der Waals surface area contributed by atoms with Gasteiger partial charge in [0.25, 0.3) is 0 Å². The highest BCUT2D eigenvalue weighted by molar-refractivity contribution is 6.35. The highest BCUT2D eigenvalue weighted by atomic mass is 16.3. The Morgan fingerprint density at radius 1 is 0.920 bits per heavy atom. The smallest absolute Gasteiger partial charge is 0.309 e. The van der Waals surface area contributed by atoms with Gasteiger partial charge in [0.2, 0.25) is 0 Å². The van der Waals surface area contributed by atoms with E-state index in [2.05, 4.69) is 10.6 Å². The summed E-state index contributed by atoms with van der Waals surface area (Å²) in [6.07, 6.45) is 1.59. The number of hydrogen-bond donors (Lipinski definition) is 3. The first kappa shape index (κ1) is 18.7. The summed E-state index contributed by atoms with van der Waals surface area (Å²) in [5.74, 6) is -1.42. The summed E-state index contributed by atoms with van der Waals surface area (Å²) in [4.78, 5) is 23.7. The molecule has 132 valence electrons. The van der Waals surface area contributed by atoms with Crippen molar-refractivity contribution in [1.29, 1.82) is 0 Å². The van der Waals surface area contributed by atoms with Crippen LogP contribution in [0.3, 0.4) is 0 Å². The molecule has 3 N–H and O–H groups in total. The van der Waals surface area contributed by atoms with E-state index in [4.69, 9.17) is 0 Å². The molecule has 25 heavy (non-hydrogen) atoms. The Morgan fingerprint density at radius 2 is 1.48 bits per heavy atom. The Balaban J connectivity index is 1.70. The maximum Gasteiger partial charge on any atom is 0.309 e. The molecule has 0 spiro atoms. The summed E-state index contributed by atoms with van der Waals surface area (Å²) in [5, 5.41) is 15.5. The Labute approximate surface area is 148 Å². The first-order valence-corrected chi connectivity index (χ1v) is 8.37. The van der Waals surface area contributed by atoms with E-state index in [9.17, 15) is 14.7 Å². The van der Waals surface area contributed by atoms with E-state index in [-0.39, 0.29) is 6.54 Å². The fourth-order valence-corrected chi connectivity index (χ4v) is 2.45. The monoisotopic (exact) mass is 340 g/mol. The minimum Gasteiger partial charge on any atom is -0.384 e. The van der Waals surface area contributed by atoms with Crippen LogP contribution in [-0.2, 0) is 21.6 Å². The molecule has 0 aromatic heterocycles. The molecule has 5 heteroatoms. The van der Waals surface area contributed by atoms with Crippen molar-refractivity contribution in [1.82, 2.24) is 10.6 Å². The minimum absolute atomic E-state index is 0.0344. The van der Waals surface area contributed by atoms with Crippen molar-refractivity contribution in [2.24, 2.45) is 0 Å². The van der Waals surface area contributed by atoms with Gasteiger partial charge in [0, 0.05) is 6.54 Å². The molecule has 0 saturated carbocycles. The molecule has 5 nitrogen and oxygen atoms in total. The molecule has 0 heterocycles. The number of carbonyl (C=O) groups is 2. The lowest BCUT2D eigenvalue weighted by atomic mass is 9.96. The van der Waals surface area contributed by atoms with E-state index in [1.165, 1.54) is 5.56 Å². The highest BCUT2D eigenvalue weighted by Gasteiger charge is 2.25. The van der Waals surface area contributed by atoms with Crippen LogP contribution in [0, 0.1) is 0 Å². The Bertz CT molecular complexity index is 685. The highest BCUT2D eigenvalue weighted by Crippen LogP contribution is 2.18. The molecule has 0 aliphatic carbocycles. The van der Waals surface area contributed by atoms with Gasteiger partial charge in [-0.1, -0.05) is 60.7 Å². The average Bonchev–Trinajstić information content (AvgIpc) is 2.64. The first-order chi connectivity index (χ1) is 12.0. The van der Waals surface area contributed by atoms with E-state index >= 15 is 0 Å². The van der Waals surface area contributed by atoms with Crippen LogP contribution in [0.15, 0.2) is 60.7 Å². The molecular formula is C20H24N2O3. The molecule has 2 aromatic carbocycles. The number of carbonyl (C=O) groups excluding carboxylic acids is 2. The molecule has 0 aliphatic rings. The quantitative estimate of drug-likeness (QED) is 0.531. The summed E-state index contributed by atoms with van der Waals surface area (Å²) in [5.41, 5.74) is 0.642. The largest absolute Gasteiger partial charge is 0.384 e. The van der Waals surface area contributed by atoms with Gasteiger partial charge in [-0.25, -0.2) is 0 Å². The molecule has 1 atom stereocenters.